The summed E-state index contributed by atoms with van der Waals surface area (Å²) in [5.74, 6) is 1.62. The highest BCUT2D eigenvalue weighted by Crippen LogP contribution is 2.05. The van der Waals surface area contributed by atoms with E-state index in [4.69, 9.17) is 17.0 Å². The van der Waals surface area contributed by atoms with E-state index in [1.165, 1.54) is 0 Å². The van der Waals surface area contributed by atoms with E-state index in [1.54, 1.807) is 13.2 Å². The number of hydrogen-bond donors (Lipinski definition) is 2. The molecule has 14 heavy (non-hydrogen) atoms. The maximum atomic E-state index is 5.03. The van der Waals surface area contributed by atoms with E-state index in [-0.39, 0.29) is 0 Å². The molecule has 2 N–H and O–H groups in total. The van der Waals surface area contributed by atoms with Crippen molar-refractivity contribution in [1.29, 1.82) is 0 Å². The number of H-pyrrole nitrogens is 1. The lowest BCUT2D eigenvalue weighted by Crippen LogP contribution is -2.12. The quantitative estimate of drug-likeness (QED) is 0.752. The predicted octanol–water partition coefficient (Wildman–Crippen LogP) is 2.11. The van der Waals surface area contributed by atoms with Crippen LogP contribution in [0.25, 0.3) is 0 Å². The molecular formula is C9H15N3OS. The van der Waals surface area contributed by atoms with Crippen molar-refractivity contribution in [1.82, 2.24) is 9.97 Å². The first-order chi connectivity index (χ1) is 6.61. The van der Waals surface area contributed by atoms with Crippen LogP contribution in [0.3, 0.4) is 0 Å². The summed E-state index contributed by atoms with van der Waals surface area (Å²) >= 11 is 5.03. The number of anilines is 1. The van der Waals surface area contributed by atoms with E-state index in [9.17, 15) is 0 Å². The second kappa shape index (κ2) is 5.07. The van der Waals surface area contributed by atoms with Crippen molar-refractivity contribution in [2.24, 2.45) is 0 Å². The summed E-state index contributed by atoms with van der Waals surface area (Å²) in [6.07, 6.45) is 0. The zero-order valence-electron chi connectivity index (χ0n) is 8.63. The van der Waals surface area contributed by atoms with Crippen LogP contribution in [0, 0.1) is 4.64 Å². The maximum Gasteiger partial charge on any atom is 0.135 e. The van der Waals surface area contributed by atoms with Crippen molar-refractivity contribution in [3.05, 3.63) is 16.5 Å². The fourth-order valence-corrected chi connectivity index (χ4v) is 1.33. The van der Waals surface area contributed by atoms with Crippen LogP contribution in [0.1, 0.15) is 19.7 Å². The topological polar surface area (TPSA) is 49.9 Å². The van der Waals surface area contributed by atoms with Crippen LogP contribution < -0.4 is 5.32 Å². The summed E-state index contributed by atoms with van der Waals surface area (Å²) in [5, 5.41) is 3.23. The number of aromatic amines is 1. The van der Waals surface area contributed by atoms with Crippen molar-refractivity contribution in [2.45, 2.75) is 26.5 Å². The van der Waals surface area contributed by atoms with E-state index in [0.717, 1.165) is 11.6 Å². The predicted molar refractivity (Wildman–Crippen MR) is 58.9 cm³/mol. The van der Waals surface area contributed by atoms with Gasteiger partial charge in [0.2, 0.25) is 0 Å². The van der Waals surface area contributed by atoms with E-state index >= 15 is 0 Å². The average molecular weight is 213 g/mol. The smallest absolute Gasteiger partial charge is 0.135 e. The molecule has 5 heteroatoms. The average Bonchev–Trinajstić information content (AvgIpc) is 2.01. The highest BCUT2D eigenvalue weighted by Gasteiger charge is 1.99. The molecule has 0 saturated heterocycles. The second-order valence-corrected chi connectivity index (χ2v) is 3.73. The summed E-state index contributed by atoms with van der Waals surface area (Å²) in [7, 11) is 1.63. The third-order valence-electron chi connectivity index (χ3n) is 1.52. The summed E-state index contributed by atoms with van der Waals surface area (Å²) < 4.78 is 5.54. The van der Waals surface area contributed by atoms with E-state index in [2.05, 4.69) is 29.1 Å². The fraction of sp³-hybridized carbons (Fsp3) is 0.556. The van der Waals surface area contributed by atoms with Gasteiger partial charge in [-0.3, -0.25) is 0 Å². The number of ether oxygens (including phenoxy) is 1. The van der Waals surface area contributed by atoms with Gasteiger partial charge in [0.15, 0.2) is 0 Å². The van der Waals surface area contributed by atoms with Crippen molar-refractivity contribution >= 4 is 18.0 Å². The van der Waals surface area contributed by atoms with Gasteiger partial charge in [-0.25, -0.2) is 4.98 Å². The van der Waals surface area contributed by atoms with Crippen LogP contribution in [-0.4, -0.2) is 23.1 Å². The lowest BCUT2D eigenvalue weighted by atomic mass is 10.4. The molecule has 4 nitrogen and oxygen atoms in total. The summed E-state index contributed by atoms with van der Waals surface area (Å²) in [6, 6.07) is 2.16. The standard InChI is InChI=1S/C9H15N3OS/c1-6(2)10-7-4-9(14)12-8(11-7)5-13-3/h4,6H,5H2,1-3H3,(H2,10,11,12,14). The minimum Gasteiger partial charge on any atom is -0.377 e. The van der Waals surface area contributed by atoms with Crippen molar-refractivity contribution < 1.29 is 4.74 Å². The summed E-state index contributed by atoms with van der Waals surface area (Å²) in [6.45, 7) is 4.57. The first kappa shape index (κ1) is 11.1. The Kier molecular flexibility index (Phi) is 4.03. The van der Waals surface area contributed by atoms with Crippen LogP contribution in [0.2, 0.25) is 0 Å². The monoisotopic (exact) mass is 213 g/mol. The van der Waals surface area contributed by atoms with Gasteiger partial charge in [0.25, 0.3) is 0 Å². The molecule has 1 heterocycles. The SMILES string of the molecule is COCc1nc(=S)cc(NC(C)C)[nH]1. The molecule has 0 bridgehead atoms. The molecule has 0 saturated carbocycles. The Bertz CT molecular complexity index is 348. The van der Waals surface area contributed by atoms with Gasteiger partial charge in [0, 0.05) is 19.2 Å². The molecule has 0 amide bonds. The third kappa shape index (κ3) is 3.43. The second-order valence-electron chi connectivity index (χ2n) is 3.31. The largest absolute Gasteiger partial charge is 0.377 e. The van der Waals surface area contributed by atoms with E-state index < -0.39 is 0 Å². The summed E-state index contributed by atoms with van der Waals surface area (Å²) in [4.78, 5) is 7.23. The first-order valence-corrected chi connectivity index (χ1v) is 4.88. The molecule has 0 unspecified atom stereocenters. The maximum absolute atomic E-state index is 5.03. The molecule has 0 spiro atoms. The minimum atomic E-state index is 0.360. The Labute approximate surface area is 88.7 Å². The number of nitrogens with one attached hydrogen (secondary N) is 2. The number of nitrogens with zero attached hydrogens (tertiary/aromatic N) is 1. The highest BCUT2D eigenvalue weighted by molar-refractivity contribution is 7.71. The van der Waals surface area contributed by atoms with Gasteiger partial charge in [0.1, 0.15) is 22.9 Å². The van der Waals surface area contributed by atoms with Crippen LogP contribution in [-0.2, 0) is 11.3 Å². The molecule has 0 fully saturated rings. The van der Waals surface area contributed by atoms with Crippen molar-refractivity contribution in [2.75, 3.05) is 12.4 Å². The van der Waals surface area contributed by atoms with Gasteiger partial charge in [-0.15, -0.1) is 0 Å². The van der Waals surface area contributed by atoms with Gasteiger partial charge in [-0.1, -0.05) is 12.2 Å². The Morgan fingerprint density at radius 1 is 1.64 bits per heavy atom. The molecule has 0 aliphatic rings. The molecule has 1 aromatic heterocycles. The molecule has 78 valence electrons. The summed E-state index contributed by atoms with van der Waals surface area (Å²) in [5.41, 5.74) is 0. The van der Waals surface area contributed by atoms with Crippen molar-refractivity contribution in [3.63, 3.8) is 0 Å². The molecule has 0 radical (unpaired) electrons. The molecule has 0 aromatic carbocycles. The van der Waals surface area contributed by atoms with Gasteiger partial charge >= 0.3 is 0 Å². The Morgan fingerprint density at radius 2 is 2.36 bits per heavy atom. The fourth-order valence-electron chi connectivity index (χ4n) is 1.10. The lowest BCUT2D eigenvalue weighted by molar-refractivity contribution is 0.178. The van der Waals surface area contributed by atoms with E-state index in [0.29, 0.717) is 17.3 Å². The zero-order chi connectivity index (χ0) is 10.6. The lowest BCUT2D eigenvalue weighted by Gasteiger charge is -2.10. The molecule has 0 aliphatic heterocycles. The van der Waals surface area contributed by atoms with Crippen LogP contribution in [0.5, 0.6) is 0 Å². The molecule has 1 rings (SSSR count). The third-order valence-corrected chi connectivity index (χ3v) is 1.73. The number of hydrogen-bond acceptors (Lipinski definition) is 4. The number of aromatic nitrogens is 2. The minimum absolute atomic E-state index is 0.360. The van der Waals surface area contributed by atoms with Crippen LogP contribution in [0.4, 0.5) is 5.82 Å². The molecule has 1 aromatic rings. The number of methoxy groups -OCH3 is 1. The molecule has 0 atom stereocenters. The zero-order valence-corrected chi connectivity index (χ0v) is 9.44. The Balaban J connectivity index is 2.89. The molecule has 0 aliphatic carbocycles. The van der Waals surface area contributed by atoms with Gasteiger partial charge in [-0.2, -0.15) is 0 Å². The normalized spacial score (nSPS) is 10.6. The Hall–Kier alpha value is -0.940. The number of rotatable bonds is 4. The first-order valence-electron chi connectivity index (χ1n) is 4.47. The van der Waals surface area contributed by atoms with Gasteiger partial charge < -0.3 is 15.0 Å². The highest BCUT2D eigenvalue weighted by atomic mass is 32.1. The van der Waals surface area contributed by atoms with Crippen LogP contribution >= 0.6 is 12.2 Å². The van der Waals surface area contributed by atoms with Gasteiger partial charge in [-0.05, 0) is 13.8 Å². The van der Waals surface area contributed by atoms with E-state index in [1.807, 2.05) is 0 Å². The Morgan fingerprint density at radius 3 is 2.93 bits per heavy atom. The van der Waals surface area contributed by atoms with Gasteiger partial charge in [0.05, 0.1) is 0 Å². The van der Waals surface area contributed by atoms with Crippen molar-refractivity contribution in [3.8, 4) is 0 Å². The van der Waals surface area contributed by atoms with Crippen LogP contribution in [0.15, 0.2) is 6.07 Å². The molecular weight excluding hydrogens is 198 g/mol.